The molecule has 19 heavy (non-hydrogen) atoms. The molecule has 0 atom stereocenters. The van der Waals surface area contributed by atoms with Crippen LogP contribution in [0.5, 0.6) is 11.5 Å². The largest absolute Gasteiger partial charge is 0.493 e. The van der Waals surface area contributed by atoms with Crippen molar-refractivity contribution < 1.29 is 19.1 Å². The lowest BCUT2D eigenvalue weighted by Crippen LogP contribution is -2.32. The number of carbonyl (C=O) groups excluding carboxylic acids is 2. The van der Waals surface area contributed by atoms with Crippen molar-refractivity contribution in [2.24, 2.45) is 4.99 Å². The van der Waals surface area contributed by atoms with Crippen molar-refractivity contribution in [2.75, 3.05) is 14.2 Å². The summed E-state index contributed by atoms with van der Waals surface area (Å²) in [6.07, 6.45) is 4.88. The number of aliphatic imine (C=N–C) groups is 1. The number of benzene rings is 1. The number of rotatable bonds is 5. The van der Waals surface area contributed by atoms with Crippen molar-refractivity contribution in [3.05, 3.63) is 23.3 Å². The number of isocyanates is 1. The third-order valence-corrected chi connectivity index (χ3v) is 3.61. The summed E-state index contributed by atoms with van der Waals surface area (Å²) in [7, 11) is 2.99. The molecule has 0 aliphatic heterocycles. The highest BCUT2D eigenvalue weighted by Crippen LogP contribution is 2.47. The fourth-order valence-corrected chi connectivity index (χ4v) is 2.41. The van der Waals surface area contributed by atoms with Gasteiger partial charge in [0.1, 0.15) is 0 Å². The lowest BCUT2D eigenvalue weighted by atomic mass is 9.72. The molecule has 0 N–H and O–H groups in total. The van der Waals surface area contributed by atoms with E-state index in [2.05, 4.69) is 4.99 Å². The van der Waals surface area contributed by atoms with Gasteiger partial charge in [0.2, 0.25) is 6.08 Å². The van der Waals surface area contributed by atoms with E-state index in [-0.39, 0.29) is 0 Å². The van der Waals surface area contributed by atoms with Crippen molar-refractivity contribution in [1.82, 2.24) is 0 Å². The minimum atomic E-state index is -0.556. The molecule has 0 spiro atoms. The van der Waals surface area contributed by atoms with Gasteiger partial charge in [0, 0.05) is 0 Å². The first kappa shape index (κ1) is 13.3. The van der Waals surface area contributed by atoms with E-state index in [1.54, 1.807) is 18.2 Å². The zero-order valence-corrected chi connectivity index (χ0v) is 10.9. The van der Waals surface area contributed by atoms with Crippen LogP contribution in [0.25, 0.3) is 0 Å². The van der Waals surface area contributed by atoms with Gasteiger partial charge in [-0.15, -0.1) is 0 Å². The summed E-state index contributed by atoms with van der Waals surface area (Å²) in [5, 5.41) is 0. The average Bonchev–Trinajstić information content (AvgIpc) is 2.41. The van der Waals surface area contributed by atoms with Crippen molar-refractivity contribution in [3.8, 4) is 11.5 Å². The van der Waals surface area contributed by atoms with E-state index in [1.807, 2.05) is 0 Å². The van der Waals surface area contributed by atoms with E-state index >= 15 is 0 Å². The summed E-state index contributed by atoms with van der Waals surface area (Å²) in [5.74, 6) is 0.861. The summed E-state index contributed by atoms with van der Waals surface area (Å²) in [6.45, 7) is 0. The SMILES string of the molecule is COc1cc(C2(N=C=O)CCC2)cc(C=O)c1OC. The van der Waals surface area contributed by atoms with E-state index in [4.69, 9.17) is 9.47 Å². The lowest BCUT2D eigenvalue weighted by molar-refractivity contribution is 0.111. The van der Waals surface area contributed by atoms with Gasteiger partial charge in [0.05, 0.1) is 25.3 Å². The summed E-state index contributed by atoms with van der Waals surface area (Å²) >= 11 is 0. The predicted octanol–water partition coefficient (Wildman–Crippen LogP) is 2.23. The first-order chi connectivity index (χ1) is 9.20. The van der Waals surface area contributed by atoms with Crippen LogP contribution in [0, 0.1) is 0 Å². The Kier molecular flexibility index (Phi) is 3.67. The normalized spacial score (nSPS) is 15.9. The van der Waals surface area contributed by atoms with Gasteiger partial charge >= 0.3 is 0 Å². The maximum Gasteiger partial charge on any atom is 0.235 e. The van der Waals surface area contributed by atoms with Crippen LogP contribution in [-0.4, -0.2) is 26.6 Å². The highest BCUT2D eigenvalue weighted by atomic mass is 16.5. The second kappa shape index (κ2) is 5.24. The molecule has 1 aromatic carbocycles. The Hall–Kier alpha value is -2.13. The maximum absolute atomic E-state index is 11.2. The van der Waals surface area contributed by atoms with E-state index in [1.165, 1.54) is 14.2 Å². The molecule has 0 heterocycles. The third-order valence-electron chi connectivity index (χ3n) is 3.61. The average molecular weight is 261 g/mol. The Morgan fingerprint density at radius 2 is 2.05 bits per heavy atom. The van der Waals surface area contributed by atoms with Crippen LogP contribution >= 0.6 is 0 Å². The molecule has 0 amide bonds. The Balaban J connectivity index is 2.58. The second-order valence-electron chi connectivity index (χ2n) is 4.51. The molecule has 1 aliphatic carbocycles. The van der Waals surface area contributed by atoms with Crippen LogP contribution in [0.4, 0.5) is 0 Å². The van der Waals surface area contributed by atoms with E-state index in [0.717, 1.165) is 24.8 Å². The van der Waals surface area contributed by atoms with Crippen LogP contribution in [0.2, 0.25) is 0 Å². The highest BCUT2D eigenvalue weighted by molar-refractivity contribution is 5.82. The monoisotopic (exact) mass is 261 g/mol. The number of hydrogen-bond acceptors (Lipinski definition) is 5. The van der Waals surface area contributed by atoms with Gasteiger partial charge in [0.15, 0.2) is 17.8 Å². The van der Waals surface area contributed by atoms with Gasteiger partial charge in [-0.05, 0) is 37.0 Å². The Morgan fingerprint density at radius 3 is 2.47 bits per heavy atom. The molecule has 1 fully saturated rings. The van der Waals surface area contributed by atoms with Gasteiger partial charge in [-0.2, -0.15) is 4.99 Å². The van der Waals surface area contributed by atoms with Crippen molar-refractivity contribution in [3.63, 3.8) is 0 Å². The zero-order valence-electron chi connectivity index (χ0n) is 10.9. The third kappa shape index (κ3) is 2.13. The molecule has 1 aliphatic rings. The Labute approximate surface area is 111 Å². The molecular formula is C14H15NO4. The van der Waals surface area contributed by atoms with Crippen LogP contribution < -0.4 is 9.47 Å². The van der Waals surface area contributed by atoms with Crippen molar-refractivity contribution >= 4 is 12.4 Å². The van der Waals surface area contributed by atoms with Gasteiger partial charge in [-0.3, -0.25) is 4.79 Å². The van der Waals surface area contributed by atoms with Gasteiger partial charge < -0.3 is 9.47 Å². The van der Waals surface area contributed by atoms with Crippen molar-refractivity contribution in [2.45, 2.75) is 24.8 Å². The van der Waals surface area contributed by atoms with Crippen LogP contribution in [0.3, 0.4) is 0 Å². The predicted molar refractivity (Wildman–Crippen MR) is 68.6 cm³/mol. The summed E-state index contributed by atoms with van der Waals surface area (Å²) in [5.41, 5.74) is 0.630. The molecule has 100 valence electrons. The van der Waals surface area contributed by atoms with Crippen LogP contribution in [0.1, 0.15) is 35.2 Å². The molecule has 1 aromatic rings. The fraction of sp³-hybridized carbons (Fsp3) is 0.429. The van der Waals surface area contributed by atoms with E-state index < -0.39 is 5.54 Å². The molecule has 0 unspecified atom stereocenters. The Bertz CT molecular complexity index is 543. The summed E-state index contributed by atoms with van der Waals surface area (Å²) < 4.78 is 10.4. The number of nitrogens with zero attached hydrogens (tertiary/aromatic N) is 1. The summed E-state index contributed by atoms with van der Waals surface area (Å²) in [6, 6.07) is 3.47. The number of carbonyl (C=O) groups is 1. The van der Waals surface area contributed by atoms with Crippen molar-refractivity contribution in [1.29, 1.82) is 0 Å². The molecule has 5 nitrogen and oxygen atoms in total. The first-order valence-electron chi connectivity index (χ1n) is 6.01. The van der Waals surface area contributed by atoms with E-state index in [9.17, 15) is 9.59 Å². The van der Waals surface area contributed by atoms with Crippen LogP contribution in [-0.2, 0) is 10.3 Å². The lowest BCUT2D eigenvalue weighted by Gasteiger charge is -2.37. The highest BCUT2D eigenvalue weighted by Gasteiger charge is 2.39. The zero-order chi connectivity index (χ0) is 13.9. The first-order valence-corrected chi connectivity index (χ1v) is 6.01. The quantitative estimate of drug-likeness (QED) is 0.463. The molecule has 0 saturated heterocycles. The molecule has 0 radical (unpaired) electrons. The van der Waals surface area contributed by atoms with Gasteiger partial charge in [-0.1, -0.05) is 0 Å². The summed E-state index contributed by atoms with van der Waals surface area (Å²) in [4.78, 5) is 25.7. The molecule has 0 bridgehead atoms. The minimum Gasteiger partial charge on any atom is -0.493 e. The smallest absolute Gasteiger partial charge is 0.235 e. The van der Waals surface area contributed by atoms with Crippen LogP contribution in [0.15, 0.2) is 17.1 Å². The minimum absolute atomic E-state index is 0.393. The maximum atomic E-state index is 11.2. The van der Waals surface area contributed by atoms with Gasteiger partial charge in [0.25, 0.3) is 0 Å². The molecule has 1 saturated carbocycles. The molecule has 2 rings (SSSR count). The second-order valence-corrected chi connectivity index (χ2v) is 4.51. The number of hydrogen-bond donors (Lipinski definition) is 0. The molecular weight excluding hydrogens is 246 g/mol. The standard InChI is InChI=1S/C14H15NO4/c1-18-12-7-11(6-10(8-16)13(12)19-2)14(15-9-17)4-3-5-14/h6-8H,3-5H2,1-2H3. The molecule has 0 aromatic heterocycles. The number of ether oxygens (including phenoxy) is 2. The Morgan fingerprint density at radius 1 is 1.32 bits per heavy atom. The number of methoxy groups -OCH3 is 2. The topological polar surface area (TPSA) is 65.0 Å². The number of aldehydes is 1. The van der Waals surface area contributed by atoms with Gasteiger partial charge in [-0.25, -0.2) is 4.79 Å². The fourth-order valence-electron chi connectivity index (χ4n) is 2.41. The molecule has 5 heteroatoms. The van der Waals surface area contributed by atoms with E-state index in [0.29, 0.717) is 23.3 Å².